The van der Waals surface area contributed by atoms with E-state index in [2.05, 4.69) is 0 Å². The molecule has 0 aliphatic rings. The summed E-state index contributed by atoms with van der Waals surface area (Å²) in [5.41, 5.74) is 4.76. The van der Waals surface area contributed by atoms with E-state index in [1.807, 2.05) is 0 Å². The van der Waals surface area contributed by atoms with Crippen LogP contribution in [0.5, 0.6) is 0 Å². The summed E-state index contributed by atoms with van der Waals surface area (Å²) >= 11 is 4.87. The first-order valence-electron chi connectivity index (χ1n) is 4.88. The standard InChI is InChI=1S/C10H20N2O2S/c1-10(2,8(11)15)9(13)12(3)6-5-7-14-4/h5-7H2,1-4H3,(H2,11,15). The molecule has 0 spiro atoms. The van der Waals surface area contributed by atoms with Crippen molar-refractivity contribution < 1.29 is 9.53 Å². The summed E-state index contributed by atoms with van der Waals surface area (Å²) in [5, 5.41) is 0. The van der Waals surface area contributed by atoms with Crippen molar-refractivity contribution in [2.75, 3.05) is 27.3 Å². The molecule has 0 rings (SSSR count). The van der Waals surface area contributed by atoms with E-state index >= 15 is 0 Å². The molecule has 4 nitrogen and oxygen atoms in total. The van der Waals surface area contributed by atoms with E-state index < -0.39 is 5.41 Å². The first-order chi connectivity index (χ1) is 6.84. The van der Waals surface area contributed by atoms with Gasteiger partial charge in [0.25, 0.3) is 0 Å². The van der Waals surface area contributed by atoms with Crippen LogP contribution in [0.2, 0.25) is 0 Å². The average molecular weight is 232 g/mol. The second-order valence-corrected chi connectivity index (χ2v) is 4.50. The molecule has 0 heterocycles. The quantitative estimate of drug-likeness (QED) is 0.543. The highest BCUT2D eigenvalue weighted by Gasteiger charge is 2.33. The van der Waals surface area contributed by atoms with Crippen LogP contribution in [0.4, 0.5) is 0 Å². The molecule has 0 aliphatic carbocycles. The third kappa shape index (κ3) is 4.13. The molecule has 0 aromatic carbocycles. The Hall–Kier alpha value is -0.680. The molecule has 5 heteroatoms. The predicted octanol–water partition coefficient (Wildman–Crippen LogP) is 0.794. The summed E-state index contributed by atoms with van der Waals surface area (Å²) in [6.45, 7) is 4.78. The lowest BCUT2D eigenvalue weighted by atomic mass is 9.92. The third-order valence-electron chi connectivity index (χ3n) is 2.34. The van der Waals surface area contributed by atoms with Crippen LogP contribution in [0.1, 0.15) is 20.3 Å². The van der Waals surface area contributed by atoms with Crippen LogP contribution in [0.3, 0.4) is 0 Å². The molecule has 88 valence electrons. The number of carbonyl (C=O) groups is 1. The fourth-order valence-electron chi connectivity index (χ4n) is 1.13. The molecule has 0 fully saturated rings. The van der Waals surface area contributed by atoms with E-state index in [1.165, 1.54) is 0 Å². The first-order valence-corrected chi connectivity index (χ1v) is 5.29. The van der Waals surface area contributed by atoms with E-state index in [1.54, 1.807) is 32.9 Å². The fraction of sp³-hybridized carbons (Fsp3) is 0.800. The Morgan fingerprint density at radius 3 is 2.47 bits per heavy atom. The molecule has 0 unspecified atom stereocenters. The van der Waals surface area contributed by atoms with Gasteiger partial charge in [-0.2, -0.15) is 0 Å². The van der Waals surface area contributed by atoms with Gasteiger partial charge in [0.15, 0.2) is 0 Å². The topological polar surface area (TPSA) is 55.6 Å². The summed E-state index contributed by atoms with van der Waals surface area (Å²) in [5.74, 6) is -0.0499. The van der Waals surface area contributed by atoms with Crippen molar-refractivity contribution in [3.05, 3.63) is 0 Å². The second kappa shape index (κ2) is 6.02. The van der Waals surface area contributed by atoms with Gasteiger partial charge in [0.1, 0.15) is 0 Å². The lowest BCUT2D eigenvalue weighted by molar-refractivity contribution is -0.135. The summed E-state index contributed by atoms with van der Waals surface area (Å²) in [6.07, 6.45) is 0.812. The molecule has 2 N–H and O–H groups in total. The van der Waals surface area contributed by atoms with Gasteiger partial charge < -0.3 is 15.4 Å². The SMILES string of the molecule is COCCCN(C)C(=O)C(C)(C)C(N)=S. The molecule has 0 saturated carbocycles. The van der Waals surface area contributed by atoms with Crippen LogP contribution >= 0.6 is 12.2 Å². The van der Waals surface area contributed by atoms with Gasteiger partial charge >= 0.3 is 0 Å². The largest absolute Gasteiger partial charge is 0.392 e. The van der Waals surface area contributed by atoms with Gasteiger partial charge in [0.05, 0.1) is 10.4 Å². The van der Waals surface area contributed by atoms with Crippen molar-refractivity contribution in [3.8, 4) is 0 Å². The van der Waals surface area contributed by atoms with Crippen LogP contribution in [0.15, 0.2) is 0 Å². The normalized spacial score (nSPS) is 11.2. The molecule has 0 aliphatic heterocycles. The lowest BCUT2D eigenvalue weighted by Gasteiger charge is -2.28. The number of rotatable bonds is 6. The van der Waals surface area contributed by atoms with Crippen LogP contribution in [-0.2, 0) is 9.53 Å². The molecule has 0 aromatic heterocycles. The molecular formula is C10H20N2O2S. The van der Waals surface area contributed by atoms with Gasteiger partial charge in [0.2, 0.25) is 5.91 Å². The molecule has 0 aromatic rings. The lowest BCUT2D eigenvalue weighted by Crippen LogP contribution is -2.46. The Kier molecular flexibility index (Phi) is 5.75. The summed E-state index contributed by atoms with van der Waals surface area (Å²) < 4.78 is 4.92. The van der Waals surface area contributed by atoms with Crippen molar-refractivity contribution >= 4 is 23.1 Å². The zero-order chi connectivity index (χ0) is 12.1. The van der Waals surface area contributed by atoms with Crippen molar-refractivity contribution in [3.63, 3.8) is 0 Å². The van der Waals surface area contributed by atoms with Gasteiger partial charge in [-0.25, -0.2) is 0 Å². The van der Waals surface area contributed by atoms with Gasteiger partial charge in [-0.15, -0.1) is 0 Å². The Morgan fingerprint density at radius 1 is 1.53 bits per heavy atom. The summed E-state index contributed by atoms with van der Waals surface area (Å²) in [4.78, 5) is 13.8. The van der Waals surface area contributed by atoms with E-state index in [0.29, 0.717) is 13.2 Å². The van der Waals surface area contributed by atoms with Gasteiger partial charge in [-0.05, 0) is 20.3 Å². The number of nitrogens with zero attached hydrogens (tertiary/aromatic N) is 1. The Bertz CT molecular complexity index is 242. The Labute approximate surface area is 96.8 Å². The number of thiocarbonyl (C=S) groups is 1. The number of methoxy groups -OCH3 is 1. The highest BCUT2D eigenvalue weighted by Crippen LogP contribution is 2.18. The maximum absolute atomic E-state index is 11.9. The van der Waals surface area contributed by atoms with Crippen LogP contribution in [0, 0.1) is 5.41 Å². The Morgan fingerprint density at radius 2 is 2.07 bits per heavy atom. The van der Waals surface area contributed by atoms with Crippen molar-refractivity contribution in [1.82, 2.24) is 4.90 Å². The molecule has 0 saturated heterocycles. The molecule has 1 amide bonds. The minimum Gasteiger partial charge on any atom is -0.392 e. The number of hydrogen-bond acceptors (Lipinski definition) is 3. The molecule has 15 heavy (non-hydrogen) atoms. The molecule has 0 atom stereocenters. The monoisotopic (exact) mass is 232 g/mol. The summed E-state index contributed by atoms with van der Waals surface area (Å²) in [7, 11) is 3.39. The third-order valence-corrected chi connectivity index (χ3v) is 2.85. The zero-order valence-electron chi connectivity index (χ0n) is 9.87. The van der Waals surface area contributed by atoms with Crippen LogP contribution in [-0.4, -0.2) is 43.1 Å². The highest BCUT2D eigenvalue weighted by atomic mass is 32.1. The maximum Gasteiger partial charge on any atom is 0.234 e. The van der Waals surface area contributed by atoms with E-state index in [-0.39, 0.29) is 10.9 Å². The van der Waals surface area contributed by atoms with Crippen molar-refractivity contribution in [1.29, 1.82) is 0 Å². The smallest absolute Gasteiger partial charge is 0.234 e. The number of amides is 1. The first kappa shape index (κ1) is 14.3. The minimum atomic E-state index is -0.767. The molecular weight excluding hydrogens is 212 g/mol. The van der Waals surface area contributed by atoms with E-state index in [9.17, 15) is 4.79 Å². The van der Waals surface area contributed by atoms with Gasteiger partial charge in [0, 0.05) is 27.3 Å². The fourth-order valence-corrected chi connectivity index (χ4v) is 1.22. The minimum absolute atomic E-state index is 0.0499. The molecule has 0 bridgehead atoms. The van der Waals surface area contributed by atoms with E-state index in [0.717, 1.165) is 6.42 Å². The summed E-state index contributed by atoms with van der Waals surface area (Å²) in [6, 6.07) is 0. The van der Waals surface area contributed by atoms with Gasteiger partial charge in [-0.1, -0.05) is 12.2 Å². The van der Waals surface area contributed by atoms with Gasteiger partial charge in [-0.3, -0.25) is 4.79 Å². The van der Waals surface area contributed by atoms with Crippen molar-refractivity contribution in [2.24, 2.45) is 11.1 Å². The number of nitrogens with two attached hydrogens (primary N) is 1. The van der Waals surface area contributed by atoms with Crippen LogP contribution in [0.25, 0.3) is 0 Å². The van der Waals surface area contributed by atoms with E-state index in [4.69, 9.17) is 22.7 Å². The molecule has 0 radical (unpaired) electrons. The maximum atomic E-state index is 11.9. The predicted molar refractivity (Wildman–Crippen MR) is 64.7 cm³/mol. The number of hydrogen-bond donors (Lipinski definition) is 1. The number of ether oxygens (including phenoxy) is 1. The number of carbonyl (C=O) groups excluding carboxylic acids is 1. The zero-order valence-corrected chi connectivity index (χ0v) is 10.7. The highest BCUT2D eigenvalue weighted by molar-refractivity contribution is 7.80. The second-order valence-electron chi connectivity index (χ2n) is 4.06. The average Bonchev–Trinajstić information content (AvgIpc) is 2.16. The van der Waals surface area contributed by atoms with Crippen LogP contribution < -0.4 is 5.73 Å². The Balaban J connectivity index is 4.25. The van der Waals surface area contributed by atoms with Crippen molar-refractivity contribution in [2.45, 2.75) is 20.3 Å².